The van der Waals surface area contributed by atoms with Gasteiger partial charge in [-0.3, -0.25) is 0 Å². The Bertz CT molecular complexity index is 258. The predicted octanol–water partition coefficient (Wildman–Crippen LogP) is 1.17. The molecule has 1 aromatic rings. The standard InChI is InChI=1S/C9H16N4S/c1-2-3-4-11-9(14)12-6-8-5-10-7-13-8/h5,7H,2-4,6H2,1H3,(H,10,13)(H2,11,12,14). The van der Waals surface area contributed by atoms with Crippen LogP contribution in [0.4, 0.5) is 0 Å². The van der Waals surface area contributed by atoms with Crippen molar-refractivity contribution in [3.05, 3.63) is 18.2 Å². The van der Waals surface area contributed by atoms with Gasteiger partial charge in [-0.15, -0.1) is 0 Å². The highest BCUT2D eigenvalue weighted by Crippen LogP contribution is 1.89. The molecule has 0 atom stereocenters. The zero-order valence-corrected chi connectivity index (χ0v) is 9.16. The zero-order valence-electron chi connectivity index (χ0n) is 8.34. The molecule has 0 saturated heterocycles. The van der Waals surface area contributed by atoms with E-state index >= 15 is 0 Å². The Kier molecular flexibility index (Phi) is 4.99. The molecule has 0 fully saturated rings. The first-order chi connectivity index (χ1) is 6.83. The summed E-state index contributed by atoms with van der Waals surface area (Å²) in [5.41, 5.74) is 1.03. The first-order valence-corrected chi connectivity index (χ1v) is 5.22. The third kappa shape index (κ3) is 4.23. The number of aromatic nitrogens is 2. The summed E-state index contributed by atoms with van der Waals surface area (Å²) in [6.07, 6.45) is 5.76. The lowest BCUT2D eigenvalue weighted by atomic mass is 10.3. The molecule has 0 aliphatic heterocycles. The van der Waals surface area contributed by atoms with Crippen LogP contribution in [0.15, 0.2) is 12.5 Å². The van der Waals surface area contributed by atoms with E-state index in [0.717, 1.165) is 18.7 Å². The number of hydrogen-bond acceptors (Lipinski definition) is 2. The number of nitrogens with zero attached hydrogens (tertiary/aromatic N) is 1. The average molecular weight is 212 g/mol. The van der Waals surface area contributed by atoms with Crippen LogP contribution in [0.25, 0.3) is 0 Å². The quantitative estimate of drug-likeness (QED) is 0.506. The van der Waals surface area contributed by atoms with Crippen molar-refractivity contribution in [2.45, 2.75) is 26.3 Å². The predicted molar refractivity (Wildman–Crippen MR) is 60.9 cm³/mol. The number of rotatable bonds is 5. The molecular formula is C9H16N4S. The number of thiocarbonyl (C=S) groups is 1. The molecule has 14 heavy (non-hydrogen) atoms. The highest BCUT2D eigenvalue weighted by molar-refractivity contribution is 7.80. The van der Waals surface area contributed by atoms with Gasteiger partial charge in [-0.05, 0) is 18.6 Å². The first-order valence-electron chi connectivity index (χ1n) is 4.82. The van der Waals surface area contributed by atoms with E-state index in [2.05, 4.69) is 27.5 Å². The van der Waals surface area contributed by atoms with Crippen molar-refractivity contribution >= 4 is 17.3 Å². The van der Waals surface area contributed by atoms with Crippen LogP contribution in [0.2, 0.25) is 0 Å². The van der Waals surface area contributed by atoms with Crippen LogP contribution in [0, 0.1) is 0 Å². The number of unbranched alkanes of at least 4 members (excludes halogenated alkanes) is 1. The van der Waals surface area contributed by atoms with Gasteiger partial charge in [0, 0.05) is 12.7 Å². The monoisotopic (exact) mass is 212 g/mol. The third-order valence-electron chi connectivity index (χ3n) is 1.81. The molecule has 0 aliphatic rings. The Morgan fingerprint density at radius 1 is 1.57 bits per heavy atom. The van der Waals surface area contributed by atoms with Crippen molar-refractivity contribution in [2.24, 2.45) is 0 Å². The molecular weight excluding hydrogens is 196 g/mol. The molecule has 0 saturated carbocycles. The summed E-state index contributed by atoms with van der Waals surface area (Å²) in [6, 6.07) is 0. The van der Waals surface area contributed by atoms with E-state index in [1.807, 2.05) is 0 Å². The van der Waals surface area contributed by atoms with E-state index < -0.39 is 0 Å². The Morgan fingerprint density at radius 3 is 3.07 bits per heavy atom. The fraction of sp³-hybridized carbons (Fsp3) is 0.556. The van der Waals surface area contributed by atoms with E-state index in [1.165, 1.54) is 6.42 Å². The minimum atomic E-state index is 0.692. The minimum absolute atomic E-state index is 0.692. The smallest absolute Gasteiger partial charge is 0.166 e. The number of hydrogen-bond donors (Lipinski definition) is 3. The van der Waals surface area contributed by atoms with Crippen LogP contribution < -0.4 is 10.6 Å². The van der Waals surface area contributed by atoms with Gasteiger partial charge < -0.3 is 15.6 Å². The Labute approximate surface area is 89.5 Å². The maximum Gasteiger partial charge on any atom is 0.166 e. The van der Waals surface area contributed by atoms with Crippen molar-refractivity contribution in [1.29, 1.82) is 0 Å². The molecule has 3 N–H and O–H groups in total. The maximum atomic E-state index is 5.08. The lowest BCUT2D eigenvalue weighted by Crippen LogP contribution is -2.35. The van der Waals surface area contributed by atoms with Crippen molar-refractivity contribution in [3.63, 3.8) is 0 Å². The molecule has 5 heteroatoms. The zero-order chi connectivity index (χ0) is 10.2. The second kappa shape index (κ2) is 6.37. The van der Waals surface area contributed by atoms with Crippen molar-refractivity contribution in [3.8, 4) is 0 Å². The maximum absolute atomic E-state index is 5.08. The summed E-state index contributed by atoms with van der Waals surface area (Å²) >= 11 is 5.08. The molecule has 0 spiro atoms. The minimum Gasteiger partial charge on any atom is -0.363 e. The average Bonchev–Trinajstić information content (AvgIpc) is 2.68. The fourth-order valence-corrected chi connectivity index (χ4v) is 1.17. The van der Waals surface area contributed by atoms with Gasteiger partial charge in [0.1, 0.15) is 0 Å². The summed E-state index contributed by atoms with van der Waals surface area (Å²) in [5.74, 6) is 0. The Hall–Kier alpha value is -1.10. The van der Waals surface area contributed by atoms with Crippen LogP contribution >= 0.6 is 12.2 Å². The van der Waals surface area contributed by atoms with Crippen LogP contribution in [-0.4, -0.2) is 21.6 Å². The van der Waals surface area contributed by atoms with Gasteiger partial charge in [0.25, 0.3) is 0 Å². The van der Waals surface area contributed by atoms with E-state index in [-0.39, 0.29) is 0 Å². The van der Waals surface area contributed by atoms with E-state index in [0.29, 0.717) is 11.7 Å². The molecule has 0 aliphatic carbocycles. The molecule has 0 aromatic carbocycles. The van der Waals surface area contributed by atoms with Gasteiger partial charge in [-0.2, -0.15) is 0 Å². The molecule has 0 radical (unpaired) electrons. The fourth-order valence-electron chi connectivity index (χ4n) is 0.998. The van der Waals surface area contributed by atoms with Gasteiger partial charge in [-0.25, -0.2) is 4.98 Å². The summed E-state index contributed by atoms with van der Waals surface area (Å²) in [4.78, 5) is 6.92. The largest absolute Gasteiger partial charge is 0.363 e. The Balaban J connectivity index is 2.09. The molecule has 0 unspecified atom stereocenters. The van der Waals surface area contributed by atoms with E-state index in [4.69, 9.17) is 12.2 Å². The van der Waals surface area contributed by atoms with Crippen LogP contribution in [-0.2, 0) is 6.54 Å². The molecule has 1 rings (SSSR count). The highest BCUT2D eigenvalue weighted by atomic mass is 32.1. The molecule has 4 nitrogen and oxygen atoms in total. The van der Waals surface area contributed by atoms with E-state index in [9.17, 15) is 0 Å². The topological polar surface area (TPSA) is 52.7 Å². The molecule has 1 aromatic heterocycles. The van der Waals surface area contributed by atoms with Crippen molar-refractivity contribution in [1.82, 2.24) is 20.6 Å². The number of H-pyrrole nitrogens is 1. The Morgan fingerprint density at radius 2 is 2.43 bits per heavy atom. The number of aromatic amines is 1. The number of imidazole rings is 1. The number of nitrogens with one attached hydrogen (secondary N) is 3. The van der Waals surface area contributed by atoms with Gasteiger partial charge in [-0.1, -0.05) is 13.3 Å². The summed E-state index contributed by atoms with van der Waals surface area (Å²) in [6.45, 7) is 3.78. The second-order valence-corrected chi connectivity index (χ2v) is 3.45. The first kappa shape index (κ1) is 11.0. The van der Waals surface area contributed by atoms with Crippen molar-refractivity contribution < 1.29 is 0 Å². The van der Waals surface area contributed by atoms with Gasteiger partial charge in [0.15, 0.2) is 5.11 Å². The third-order valence-corrected chi connectivity index (χ3v) is 2.10. The lowest BCUT2D eigenvalue weighted by molar-refractivity contribution is 0.737. The van der Waals surface area contributed by atoms with Gasteiger partial charge in [0.2, 0.25) is 0 Å². The molecule has 0 amide bonds. The van der Waals surface area contributed by atoms with Crippen LogP contribution in [0.1, 0.15) is 25.5 Å². The lowest BCUT2D eigenvalue weighted by Gasteiger charge is -2.08. The molecule has 0 bridgehead atoms. The summed E-state index contributed by atoms with van der Waals surface area (Å²) < 4.78 is 0. The van der Waals surface area contributed by atoms with Gasteiger partial charge >= 0.3 is 0 Å². The van der Waals surface area contributed by atoms with Crippen LogP contribution in [0.5, 0.6) is 0 Å². The second-order valence-electron chi connectivity index (χ2n) is 3.04. The highest BCUT2D eigenvalue weighted by Gasteiger charge is 1.95. The normalized spacial score (nSPS) is 9.79. The van der Waals surface area contributed by atoms with Crippen molar-refractivity contribution in [2.75, 3.05) is 6.54 Å². The molecule has 78 valence electrons. The SMILES string of the molecule is CCCCNC(=S)NCc1cnc[nH]1. The van der Waals surface area contributed by atoms with Crippen LogP contribution in [0.3, 0.4) is 0 Å². The summed E-state index contributed by atoms with van der Waals surface area (Å²) in [5, 5.41) is 6.93. The van der Waals surface area contributed by atoms with E-state index in [1.54, 1.807) is 12.5 Å². The molecule has 1 heterocycles. The summed E-state index contributed by atoms with van der Waals surface area (Å²) in [7, 11) is 0. The van der Waals surface area contributed by atoms with Gasteiger partial charge in [0.05, 0.1) is 18.6 Å².